The van der Waals surface area contributed by atoms with Gasteiger partial charge in [-0.15, -0.1) is 0 Å². The van der Waals surface area contributed by atoms with Gasteiger partial charge in [0.25, 0.3) is 11.5 Å². The molecule has 0 aliphatic carbocycles. The largest absolute Gasteiger partial charge is 0.490 e. The van der Waals surface area contributed by atoms with E-state index in [1.807, 2.05) is 12.3 Å². The molecule has 2 saturated heterocycles. The highest BCUT2D eigenvalue weighted by Crippen LogP contribution is 2.31. The summed E-state index contributed by atoms with van der Waals surface area (Å²) in [6.45, 7) is 4.58. The molecule has 1 amide bonds. The lowest BCUT2D eigenvalue weighted by Crippen LogP contribution is -2.57. The molecule has 0 unspecified atom stereocenters. The number of carboxylic acids is 2. The number of aromatic amines is 1. The first kappa shape index (κ1) is 33.1. The molecule has 18 heteroatoms. The second kappa shape index (κ2) is 14.0. The van der Waals surface area contributed by atoms with E-state index in [4.69, 9.17) is 24.5 Å². The highest BCUT2D eigenvalue weighted by Gasteiger charge is 2.41. The van der Waals surface area contributed by atoms with Gasteiger partial charge in [-0.25, -0.2) is 14.7 Å². The number of carboxylic acid groups (broad SMARTS) is 2. The maximum Gasteiger partial charge on any atom is 0.490 e. The monoisotopic (exact) mass is 597 g/mol. The topological polar surface area (TPSA) is 166 Å². The first-order chi connectivity index (χ1) is 19.0. The van der Waals surface area contributed by atoms with Crippen molar-refractivity contribution < 1.29 is 55.7 Å². The number of likely N-dealkylation sites (tertiary alicyclic amines) is 1. The fourth-order valence-corrected chi connectivity index (χ4v) is 3.85. The van der Waals surface area contributed by atoms with E-state index in [0.717, 1.165) is 32.5 Å². The van der Waals surface area contributed by atoms with Crippen LogP contribution in [0.5, 0.6) is 0 Å². The summed E-state index contributed by atoms with van der Waals surface area (Å²) in [5.74, 6) is -5.66. The number of piperidine rings is 1. The van der Waals surface area contributed by atoms with Crippen molar-refractivity contribution in [3.63, 3.8) is 0 Å². The predicted molar refractivity (Wildman–Crippen MR) is 126 cm³/mol. The Balaban J connectivity index is 0.000000349. The van der Waals surface area contributed by atoms with Crippen LogP contribution in [0.15, 0.2) is 41.5 Å². The van der Waals surface area contributed by atoms with E-state index in [-0.39, 0.29) is 22.8 Å². The number of hydrogen-bond acceptors (Lipinski definition) is 8. The zero-order chi connectivity index (χ0) is 30.8. The molecule has 0 atom stereocenters. The second-order valence-electron chi connectivity index (χ2n) is 8.81. The maximum absolute atomic E-state index is 12.6. The standard InChI is InChI=1S/C19H23N5O3.2C2HF3O2/c25-17-4-3-16(21-22-17)18(26)24-8-5-19(6-9-24)14-23(10-11-27-19)13-15-2-1-7-20-12-15;2*3-2(4,5)1(6)7/h1-4,7,12H,5-6,8-11,13-14H2,(H,22,25);2*(H,6,7). The number of ether oxygens (including phenoxy) is 1. The normalized spacial score (nSPS) is 17.0. The van der Waals surface area contributed by atoms with E-state index in [1.54, 1.807) is 11.1 Å². The number of amides is 1. The van der Waals surface area contributed by atoms with Crippen LogP contribution < -0.4 is 5.56 Å². The fraction of sp³-hybridized carbons (Fsp3) is 0.478. The SMILES string of the molecule is O=C(O)C(F)(F)F.O=C(O)C(F)(F)F.O=C(c1ccc(=O)[nH]n1)N1CCC2(CC1)CN(Cc1cccnc1)CCO2. The summed E-state index contributed by atoms with van der Waals surface area (Å²) in [6.07, 6.45) is -4.88. The molecule has 0 aromatic carbocycles. The van der Waals surface area contributed by atoms with E-state index in [9.17, 15) is 35.9 Å². The van der Waals surface area contributed by atoms with Crippen molar-refractivity contribution in [1.29, 1.82) is 0 Å². The van der Waals surface area contributed by atoms with Gasteiger partial charge in [0.15, 0.2) is 0 Å². The number of carbonyl (C=O) groups is 3. The van der Waals surface area contributed by atoms with Gasteiger partial charge in [-0.3, -0.25) is 19.5 Å². The van der Waals surface area contributed by atoms with Gasteiger partial charge in [0.1, 0.15) is 5.69 Å². The number of alkyl halides is 6. The number of aliphatic carboxylic acids is 2. The zero-order valence-corrected chi connectivity index (χ0v) is 21.1. The molecule has 4 heterocycles. The molecule has 12 nitrogen and oxygen atoms in total. The van der Waals surface area contributed by atoms with Crippen molar-refractivity contribution in [2.45, 2.75) is 37.3 Å². The number of aromatic nitrogens is 3. The second-order valence-corrected chi connectivity index (χ2v) is 8.81. The number of H-pyrrole nitrogens is 1. The maximum atomic E-state index is 12.6. The van der Waals surface area contributed by atoms with Crippen LogP contribution in [0.1, 0.15) is 28.9 Å². The third kappa shape index (κ3) is 10.8. The number of nitrogens with one attached hydrogen (secondary N) is 1. The molecular weight excluding hydrogens is 572 g/mol. The summed E-state index contributed by atoms with van der Waals surface area (Å²) >= 11 is 0. The van der Waals surface area contributed by atoms with Gasteiger partial charge in [-0.05, 0) is 30.5 Å². The van der Waals surface area contributed by atoms with Crippen molar-refractivity contribution in [3.8, 4) is 0 Å². The van der Waals surface area contributed by atoms with Crippen molar-refractivity contribution >= 4 is 17.8 Å². The Labute approximate surface area is 227 Å². The summed E-state index contributed by atoms with van der Waals surface area (Å²) in [5, 5.41) is 20.4. The molecule has 0 bridgehead atoms. The number of halogens is 6. The van der Waals surface area contributed by atoms with Crippen LogP contribution in [-0.2, 0) is 20.9 Å². The Morgan fingerprint density at radius 1 is 0.976 bits per heavy atom. The Morgan fingerprint density at radius 3 is 2.02 bits per heavy atom. The lowest BCUT2D eigenvalue weighted by Gasteiger charge is -2.47. The van der Waals surface area contributed by atoms with Gasteiger partial charge in [-0.2, -0.15) is 31.4 Å². The van der Waals surface area contributed by atoms with Crippen molar-refractivity contribution in [1.82, 2.24) is 25.0 Å². The van der Waals surface area contributed by atoms with E-state index in [1.165, 1.54) is 17.7 Å². The highest BCUT2D eigenvalue weighted by atomic mass is 19.4. The Bertz CT molecular complexity index is 1190. The minimum absolute atomic E-state index is 0.149. The smallest absolute Gasteiger partial charge is 0.475 e. The van der Waals surface area contributed by atoms with E-state index >= 15 is 0 Å². The Hall–Kier alpha value is -4.06. The summed E-state index contributed by atoms with van der Waals surface area (Å²) in [6, 6.07) is 6.85. The molecular formula is C23H25F6N5O7. The van der Waals surface area contributed by atoms with Crippen LogP contribution in [-0.4, -0.2) is 104 Å². The highest BCUT2D eigenvalue weighted by molar-refractivity contribution is 5.92. The van der Waals surface area contributed by atoms with Gasteiger partial charge in [0, 0.05) is 51.2 Å². The molecule has 226 valence electrons. The van der Waals surface area contributed by atoms with Crippen LogP contribution in [0.4, 0.5) is 26.3 Å². The first-order valence-corrected chi connectivity index (χ1v) is 11.7. The molecule has 2 aromatic heterocycles. The summed E-state index contributed by atoms with van der Waals surface area (Å²) < 4.78 is 69.6. The van der Waals surface area contributed by atoms with E-state index < -0.39 is 24.3 Å². The van der Waals surface area contributed by atoms with Crippen molar-refractivity contribution in [2.24, 2.45) is 0 Å². The Morgan fingerprint density at radius 2 is 1.56 bits per heavy atom. The molecule has 2 fully saturated rings. The molecule has 4 rings (SSSR count). The zero-order valence-electron chi connectivity index (χ0n) is 21.1. The van der Waals surface area contributed by atoms with Crippen molar-refractivity contribution in [3.05, 3.63) is 58.3 Å². The lowest BCUT2D eigenvalue weighted by atomic mass is 9.89. The van der Waals surface area contributed by atoms with Crippen LogP contribution in [0.2, 0.25) is 0 Å². The van der Waals surface area contributed by atoms with Gasteiger partial charge in [0.2, 0.25) is 0 Å². The van der Waals surface area contributed by atoms with Gasteiger partial charge in [0.05, 0.1) is 12.2 Å². The van der Waals surface area contributed by atoms with Gasteiger partial charge in [-0.1, -0.05) is 6.07 Å². The average molecular weight is 597 g/mol. The fourth-order valence-electron chi connectivity index (χ4n) is 3.85. The van der Waals surface area contributed by atoms with Crippen LogP contribution in [0.3, 0.4) is 0 Å². The third-order valence-corrected chi connectivity index (χ3v) is 5.80. The molecule has 3 N–H and O–H groups in total. The number of carbonyl (C=O) groups excluding carboxylic acids is 1. The van der Waals surface area contributed by atoms with Crippen LogP contribution in [0.25, 0.3) is 0 Å². The molecule has 2 aromatic rings. The summed E-state index contributed by atoms with van der Waals surface area (Å²) in [4.78, 5) is 49.9. The first-order valence-electron chi connectivity index (χ1n) is 11.7. The molecule has 2 aliphatic rings. The van der Waals surface area contributed by atoms with Gasteiger partial charge < -0.3 is 19.8 Å². The number of nitrogens with zero attached hydrogens (tertiary/aromatic N) is 4. The number of pyridine rings is 1. The summed E-state index contributed by atoms with van der Waals surface area (Å²) in [7, 11) is 0. The number of hydrogen-bond donors (Lipinski definition) is 3. The molecule has 2 aliphatic heterocycles. The quantitative estimate of drug-likeness (QED) is 0.445. The Kier molecular flexibility index (Phi) is 11.3. The van der Waals surface area contributed by atoms with Crippen LogP contribution >= 0.6 is 0 Å². The molecule has 1 spiro atoms. The average Bonchev–Trinajstić information content (AvgIpc) is 2.89. The third-order valence-electron chi connectivity index (χ3n) is 5.80. The van der Waals surface area contributed by atoms with Crippen LogP contribution in [0, 0.1) is 0 Å². The number of rotatable bonds is 3. The van der Waals surface area contributed by atoms with E-state index in [2.05, 4.69) is 26.1 Å². The minimum Gasteiger partial charge on any atom is -0.475 e. The molecule has 0 radical (unpaired) electrons. The number of morpholine rings is 1. The van der Waals surface area contributed by atoms with E-state index in [0.29, 0.717) is 19.7 Å². The minimum atomic E-state index is -5.08. The lowest BCUT2D eigenvalue weighted by molar-refractivity contribution is -0.193. The summed E-state index contributed by atoms with van der Waals surface area (Å²) in [5.41, 5.74) is 0.962. The van der Waals surface area contributed by atoms with Gasteiger partial charge >= 0.3 is 24.3 Å². The molecule has 0 saturated carbocycles. The predicted octanol–water partition coefficient (Wildman–Crippen LogP) is 1.94. The van der Waals surface area contributed by atoms with Crippen molar-refractivity contribution in [2.75, 3.05) is 32.8 Å². The molecule has 41 heavy (non-hydrogen) atoms.